The van der Waals surface area contributed by atoms with Crippen LogP contribution in [0.5, 0.6) is 0 Å². The average Bonchev–Trinajstić information content (AvgIpc) is 3.38. The Morgan fingerprint density at radius 1 is 1.26 bits per heavy atom. The van der Waals surface area contributed by atoms with Crippen LogP contribution in [0.3, 0.4) is 0 Å². The van der Waals surface area contributed by atoms with Crippen molar-refractivity contribution in [3.8, 4) is 0 Å². The number of likely N-dealkylation sites (tertiary alicyclic amines) is 2. The molecule has 4 rings (SSSR count). The van der Waals surface area contributed by atoms with Crippen molar-refractivity contribution in [3.63, 3.8) is 0 Å². The topological polar surface area (TPSA) is 78.0 Å². The maximum absolute atomic E-state index is 13.0. The standard InChI is InChI=1S/C23H35N5O3/c1-26-18(8-9-21(29)28-12-5-7-19(28)16-31-2)14-25-23(30)22-20(26)10-13-27(22)15-17-6-3-4-11-24-17/h3-4,6,11,18-20,22H,5,7-10,12-16H2,1-2H3,(H,25,30)/t18-,19+,20+,22-/m0/s1. The Kier molecular flexibility index (Phi) is 7.20. The Bertz CT molecular complexity index is 761. The molecular weight excluding hydrogens is 394 g/mol. The first-order valence-corrected chi connectivity index (χ1v) is 11.5. The number of pyridine rings is 1. The van der Waals surface area contributed by atoms with Gasteiger partial charge in [0.05, 0.1) is 18.3 Å². The summed E-state index contributed by atoms with van der Waals surface area (Å²) in [5.74, 6) is 0.307. The molecule has 1 N–H and O–H groups in total. The van der Waals surface area contributed by atoms with E-state index in [9.17, 15) is 9.59 Å². The highest BCUT2D eigenvalue weighted by atomic mass is 16.5. The van der Waals surface area contributed by atoms with Gasteiger partial charge in [-0.2, -0.15) is 0 Å². The maximum Gasteiger partial charge on any atom is 0.239 e. The van der Waals surface area contributed by atoms with Crippen LogP contribution in [0, 0.1) is 0 Å². The number of carbonyl (C=O) groups is 2. The number of nitrogens with zero attached hydrogens (tertiary/aromatic N) is 4. The van der Waals surface area contributed by atoms with Crippen LogP contribution in [0.1, 0.15) is 37.8 Å². The van der Waals surface area contributed by atoms with E-state index in [0.717, 1.165) is 44.5 Å². The van der Waals surface area contributed by atoms with Gasteiger partial charge in [-0.1, -0.05) is 6.07 Å². The summed E-state index contributed by atoms with van der Waals surface area (Å²) in [5.41, 5.74) is 0.987. The molecule has 1 aromatic rings. The monoisotopic (exact) mass is 429 g/mol. The molecule has 8 heteroatoms. The van der Waals surface area contributed by atoms with E-state index in [2.05, 4.69) is 27.1 Å². The van der Waals surface area contributed by atoms with Gasteiger partial charge in [0.2, 0.25) is 11.8 Å². The second kappa shape index (κ2) is 10.1. The highest BCUT2D eigenvalue weighted by Crippen LogP contribution is 2.28. The molecule has 4 atom stereocenters. The number of carbonyl (C=O) groups excluding carboxylic acids is 2. The fourth-order valence-electron chi connectivity index (χ4n) is 5.49. The predicted octanol–water partition coefficient (Wildman–Crippen LogP) is 0.872. The lowest BCUT2D eigenvalue weighted by Crippen LogP contribution is -2.49. The predicted molar refractivity (Wildman–Crippen MR) is 117 cm³/mol. The van der Waals surface area contributed by atoms with E-state index in [1.54, 1.807) is 13.3 Å². The molecule has 170 valence electrons. The highest BCUT2D eigenvalue weighted by molar-refractivity contribution is 5.83. The number of nitrogens with one attached hydrogen (secondary N) is 1. The Balaban J connectivity index is 1.36. The fraction of sp³-hybridized carbons (Fsp3) is 0.696. The molecular formula is C23H35N5O3. The summed E-state index contributed by atoms with van der Waals surface area (Å²) in [6.07, 6.45) is 6.10. The van der Waals surface area contributed by atoms with Gasteiger partial charge < -0.3 is 15.0 Å². The van der Waals surface area contributed by atoms with E-state index >= 15 is 0 Å². The Morgan fingerprint density at radius 2 is 2.13 bits per heavy atom. The molecule has 0 spiro atoms. The number of methoxy groups -OCH3 is 1. The van der Waals surface area contributed by atoms with Crippen LogP contribution < -0.4 is 5.32 Å². The van der Waals surface area contributed by atoms with E-state index in [1.807, 2.05) is 23.1 Å². The van der Waals surface area contributed by atoms with Crippen LogP contribution in [0.2, 0.25) is 0 Å². The molecule has 2 amide bonds. The van der Waals surface area contributed by atoms with Gasteiger partial charge in [0.1, 0.15) is 6.04 Å². The second-order valence-electron chi connectivity index (χ2n) is 9.03. The van der Waals surface area contributed by atoms with Crippen molar-refractivity contribution in [1.29, 1.82) is 0 Å². The third-order valence-electron chi connectivity index (χ3n) is 7.19. The Labute approximate surface area is 184 Å². The number of aromatic nitrogens is 1. The van der Waals surface area contributed by atoms with Gasteiger partial charge in [0.15, 0.2) is 0 Å². The highest BCUT2D eigenvalue weighted by Gasteiger charge is 2.45. The van der Waals surface area contributed by atoms with E-state index < -0.39 is 0 Å². The zero-order valence-electron chi connectivity index (χ0n) is 18.7. The van der Waals surface area contributed by atoms with E-state index in [-0.39, 0.29) is 36.0 Å². The number of hydrogen-bond donors (Lipinski definition) is 1. The van der Waals surface area contributed by atoms with Crippen molar-refractivity contribution in [1.82, 2.24) is 25.0 Å². The summed E-state index contributed by atoms with van der Waals surface area (Å²) in [4.78, 5) is 36.8. The minimum Gasteiger partial charge on any atom is -0.383 e. The first kappa shape index (κ1) is 22.2. The van der Waals surface area contributed by atoms with Gasteiger partial charge in [-0.15, -0.1) is 0 Å². The van der Waals surface area contributed by atoms with E-state index in [1.165, 1.54) is 0 Å². The molecule has 0 aliphatic carbocycles. The van der Waals surface area contributed by atoms with Crippen LogP contribution in [0.25, 0.3) is 0 Å². The minimum atomic E-state index is -0.169. The van der Waals surface area contributed by atoms with Crippen molar-refractivity contribution >= 4 is 11.8 Å². The summed E-state index contributed by atoms with van der Waals surface area (Å²) in [7, 11) is 3.81. The van der Waals surface area contributed by atoms with Crippen molar-refractivity contribution < 1.29 is 14.3 Å². The fourth-order valence-corrected chi connectivity index (χ4v) is 5.49. The van der Waals surface area contributed by atoms with Gasteiger partial charge in [0.25, 0.3) is 0 Å². The molecule has 31 heavy (non-hydrogen) atoms. The first-order chi connectivity index (χ1) is 15.1. The van der Waals surface area contributed by atoms with Crippen LogP contribution in [0.15, 0.2) is 24.4 Å². The molecule has 3 aliphatic heterocycles. The van der Waals surface area contributed by atoms with Crippen LogP contribution >= 0.6 is 0 Å². The molecule has 4 heterocycles. The van der Waals surface area contributed by atoms with Gasteiger partial charge >= 0.3 is 0 Å². The summed E-state index contributed by atoms with van der Waals surface area (Å²) in [6, 6.07) is 6.28. The summed E-state index contributed by atoms with van der Waals surface area (Å²) in [5, 5.41) is 3.15. The van der Waals surface area contributed by atoms with Crippen molar-refractivity contribution in [2.24, 2.45) is 0 Å². The molecule has 0 aromatic carbocycles. The SMILES string of the molecule is COC[C@H]1CCCN1C(=O)CC[C@H]1CNC(=O)[C@@H]2[C@@H](CCN2Cc2ccccn2)N1C. The number of hydrogen-bond acceptors (Lipinski definition) is 6. The first-order valence-electron chi connectivity index (χ1n) is 11.5. The van der Waals surface area contributed by atoms with Gasteiger partial charge in [-0.3, -0.25) is 24.4 Å². The number of fused-ring (bicyclic) bond motifs is 1. The molecule has 3 saturated heterocycles. The number of ether oxygens (including phenoxy) is 1. The lowest BCUT2D eigenvalue weighted by atomic mass is 10.0. The third-order valence-corrected chi connectivity index (χ3v) is 7.19. The smallest absolute Gasteiger partial charge is 0.239 e. The molecule has 3 fully saturated rings. The molecule has 8 nitrogen and oxygen atoms in total. The lowest BCUT2D eigenvalue weighted by Gasteiger charge is -2.33. The van der Waals surface area contributed by atoms with Crippen molar-refractivity contribution in [2.75, 3.05) is 40.4 Å². The van der Waals surface area contributed by atoms with Crippen molar-refractivity contribution in [3.05, 3.63) is 30.1 Å². The van der Waals surface area contributed by atoms with Gasteiger partial charge in [-0.05, 0) is 44.9 Å². The number of amides is 2. The zero-order valence-corrected chi connectivity index (χ0v) is 18.7. The van der Waals surface area contributed by atoms with Crippen LogP contribution in [-0.4, -0.2) is 96.1 Å². The quantitative estimate of drug-likeness (QED) is 0.693. The molecule has 1 aromatic heterocycles. The van der Waals surface area contributed by atoms with Crippen LogP contribution in [0.4, 0.5) is 0 Å². The second-order valence-corrected chi connectivity index (χ2v) is 9.03. The van der Waals surface area contributed by atoms with Gasteiger partial charge in [0, 0.05) is 58.0 Å². The lowest BCUT2D eigenvalue weighted by molar-refractivity contribution is -0.133. The molecule has 0 saturated carbocycles. The third kappa shape index (κ3) is 4.91. The minimum absolute atomic E-state index is 0.0961. The van der Waals surface area contributed by atoms with Gasteiger partial charge in [-0.25, -0.2) is 0 Å². The molecule has 0 radical (unpaired) electrons. The van der Waals surface area contributed by atoms with Crippen LogP contribution in [-0.2, 0) is 20.9 Å². The molecule has 3 aliphatic rings. The number of rotatable bonds is 7. The number of likely N-dealkylation sites (N-methyl/N-ethyl adjacent to an activating group) is 1. The molecule has 0 bridgehead atoms. The largest absolute Gasteiger partial charge is 0.383 e. The Hall–Kier alpha value is -2.03. The maximum atomic E-state index is 13.0. The average molecular weight is 430 g/mol. The summed E-state index contributed by atoms with van der Waals surface area (Å²) >= 11 is 0. The zero-order chi connectivity index (χ0) is 21.8. The normalized spacial score (nSPS) is 29.6. The molecule has 0 unspecified atom stereocenters. The van der Waals surface area contributed by atoms with Crippen molar-refractivity contribution in [2.45, 2.75) is 62.8 Å². The van der Waals surface area contributed by atoms with E-state index in [0.29, 0.717) is 26.1 Å². The summed E-state index contributed by atoms with van der Waals surface area (Å²) < 4.78 is 5.29. The summed E-state index contributed by atoms with van der Waals surface area (Å²) in [6.45, 7) is 3.59. The Morgan fingerprint density at radius 3 is 2.90 bits per heavy atom. The van der Waals surface area contributed by atoms with E-state index in [4.69, 9.17) is 4.74 Å².